The molecule has 0 aromatic heterocycles. The zero-order valence-corrected chi connectivity index (χ0v) is 45.5. The Bertz CT molecular complexity index is 3790. The predicted molar refractivity (Wildman–Crippen MR) is 331 cm³/mol. The summed E-state index contributed by atoms with van der Waals surface area (Å²) >= 11 is 0. The summed E-state index contributed by atoms with van der Waals surface area (Å²) in [4.78, 5) is 7.95. The minimum atomic E-state index is -0.271. The molecule has 2 aliphatic heterocycles. The van der Waals surface area contributed by atoms with Crippen LogP contribution in [-0.2, 0) is 24.7 Å². The average molecular weight is 998 g/mol. The summed E-state index contributed by atoms with van der Waals surface area (Å²) < 4.78 is 0. The van der Waals surface area contributed by atoms with E-state index in [4.69, 9.17) is 0 Å². The fraction of sp³-hybridized carbons (Fsp3) is 0.205. The van der Waals surface area contributed by atoms with Crippen LogP contribution in [0.25, 0.3) is 44.2 Å². The minimum Gasteiger partial charge on any atom is -0.376 e. The van der Waals surface area contributed by atoms with E-state index in [1.54, 1.807) is 0 Å². The lowest BCUT2D eigenvalue weighted by Gasteiger charge is -2.48. The van der Waals surface area contributed by atoms with Crippen LogP contribution in [0.4, 0.5) is 45.5 Å². The van der Waals surface area contributed by atoms with Crippen LogP contribution in [0.3, 0.4) is 0 Å². The van der Waals surface area contributed by atoms with Crippen molar-refractivity contribution in [3.8, 4) is 33.4 Å². The molecule has 4 heteroatoms. The Labute approximate surface area is 457 Å². The Hall–Kier alpha value is -8.08. The molecule has 3 aliphatic rings. The summed E-state index contributed by atoms with van der Waals surface area (Å²) in [6.07, 6.45) is 10.1. The number of hydrogen-bond acceptors (Lipinski definition) is 3. The Morgan fingerprint density at radius 2 is 1.05 bits per heavy atom. The van der Waals surface area contributed by atoms with Crippen LogP contribution in [0.15, 0.2) is 212 Å². The van der Waals surface area contributed by atoms with Gasteiger partial charge in [-0.1, -0.05) is 193 Å². The van der Waals surface area contributed by atoms with E-state index in [1.165, 1.54) is 123 Å². The highest BCUT2D eigenvalue weighted by Gasteiger charge is 2.50. The number of benzene rings is 10. The van der Waals surface area contributed by atoms with E-state index in [2.05, 4.69) is 262 Å². The van der Waals surface area contributed by atoms with Gasteiger partial charge in [-0.3, -0.25) is 0 Å². The van der Waals surface area contributed by atoms with Gasteiger partial charge in [0.05, 0.1) is 5.69 Å². The van der Waals surface area contributed by atoms with E-state index in [0.717, 1.165) is 63.5 Å². The molecule has 0 atom stereocenters. The molecule has 0 N–H and O–H groups in total. The zero-order chi connectivity index (χ0) is 52.2. The van der Waals surface area contributed by atoms with E-state index in [0.29, 0.717) is 0 Å². The predicted octanol–water partition coefficient (Wildman–Crippen LogP) is 19.0. The lowest BCUT2D eigenvalue weighted by atomic mass is 9.42. The van der Waals surface area contributed by atoms with Crippen LogP contribution in [0.1, 0.15) is 101 Å². The van der Waals surface area contributed by atoms with Gasteiger partial charge in [-0.05, 0) is 183 Å². The fourth-order valence-electron chi connectivity index (χ4n) is 13.4. The van der Waals surface area contributed by atoms with E-state index in [-0.39, 0.29) is 12.3 Å². The van der Waals surface area contributed by atoms with Crippen LogP contribution < -0.4 is 25.5 Å². The molecule has 0 saturated heterocycles. The second-order valence-electron chi connectivity index (χ2n) is 22.4. The van der Waals surface area contributed by atoms with Crippen molar-refractivity contribution in [1.82, 2.24) is 0 Å². The summed E-state index contributed by atoms with van der Waals surface area (Å²) in [6.45, 7) is 11.6. The molecule has 2 heterocycles. The van der Waals surface area contributed by atoms with Gasteiger partial charge >= 0.3 is 6.85 Å². The number of aryl methyl sites for hydroxylation is 3. The Morgan fingerprint density at radius 3 is 1.75 bits per heavy atom. The molecule has 0 spiro atoms. The summed E-state index contributed by atoms with van der Waals surface area (Å²) in [5.41, 5.74) is 26.6. The molecule has 0 amide bonds. The average Bonchev–Trinajstić information content (AvgIpc) is 3.94. The first-order valence-corrected chi connectivity index (χ1v) is 28.6. The van der Waals surface area contributed by atoms with Gasteiger partial charge in [0, 0.05) is 56.4 Å². The topological polar surface area (TPSA) is 9.72 Å². The van der Waals surface area contributed by atoms with Crippen LogP contribution >= 0.6 is 0 Å². The first kappa shape index (κ1) is 48.6. The monoisotopic (exact) mass is 998 g/mol. The van der Waals surface area contributed by atoms with Crippen molar-refractivity contribution >= 4 is 74.0 Å². The van der Waals surface area contributed by atoms with Gasteiger partial charge in [0.15, 0.2) is 0 Å². The molecule has 13 rings (SSSR count). The van der Waals surface area contributed by atoms with Crippen molar-refractivity contribution in [2.75, 3.05) is 14.6 Å². The number of hydrogen-bond donors (Lipinski definition) is 0. The van der Waals surface area contributed by atoms with Crippen molar-refractivity contribution in [3.63, 3.8) is 0 Å². The molecule has 1 aliphatic carbocycles. The van der Waals surface area contributed by atoms with Gasteiger partial charge in [-0.2, -0.15) is 0 Å². The highest BCUT2D eigenvalue weighted by molar-refractivity contribution is 6.94. The third kappa shape index (κ3) is 8.27. The van der Waals surface area contributed by atoms with Crippen LogP contribution in [-0.4, -0.2) is 6.85 Å². The molecule has 10 aromatic carbocycles. The molecule has 0 bridgehead atoms. The molecule has 0 radical (unpaired) electrons. The highest BCUT2D eigenvalue weighted by atomic mass is 15.2. The number of rotatable bonds is 15. The number of unbranched alkanes of at least 4 members (excludes halogenated alkanes) is 3. The van der Waals surface area contributed by atoms with Gasteiger partial charge in [-0.25, -0.2) is 0 Å². The van der Waals surface area contributed by atoms with Crippen LogP contribution in [0.2, 0.25) is 0 Å². The molecule has 378 valence electrons. The number of nitrogens with zero attached hydrogens (tertiary/aromatic N) is 3. The van der Waals surface area contributed by atoms with Gasteiger partial charge in [0.25, 0.3) is 0 Å². The second kappa shape index (κ2) is 20.1. The van der Waals surface area contributed by atoms with Crippen molar-refractivity contribution in [1.29, 1.82) is 0 Å². The minimum absolute atomic E-state index is 0.200. The number of fused-ring (bicyclic) bond motifs is 10. The third-order valence-corrected chi connectivity index (χ3v) is 17.1. The maximum Gasteiger partial charge on any atom is 0.333 e. The lowest BCUT2D eigenvalue weighted by molar-refractivity contribution is 0.661. The van der Waals surface area contributed by atoms with E-state index in [9.17, 15) is 0 Å². The third-order valence-electron chi connectivity index (χ3n) is 17.1. The largest absolute Gasteiger partial charge is 0.376 e. The first-order valence-electron chi connectivity index (χ1n) is 28.6. The van der Waals surface area contributed by atoms with Crippen LogP contribution in [0, 0.1) is 0 Å². The molecule has 0 unspecified atom stereocenters. The molecular weight excluding hydrogens is 930 g/mol. The fourth-order valence-corrected chi connectivity index (χ4v) is 13.4. The highest BCUT2D eigenvalue weighted by Crippen LogP contribution is 2.59. The van der Waals surface area contributed by atoms with Crippen molar-refractivity contribution in [2.45, 2.75) is 97.8 Å². The molecule has 77 heavy (non-hydrogen) atoms. The van der Waals surface area contributed by atoms with E-state index < -0.39 is 0 Å². The second-order valence-corrected chi connectivity index (χ2v) is 22.4. The van der Waals surface area contributed by atoms with Gasteiger partial charge in [0.2, 0.25) is 0 Å². The summed E-state index contributed by atoms with van der Waals surface area (Å²) in [5, 5.41) is 2.52. The maximum atomic E-state index is 2.76. The lowest BCUT2D eigenvalue weighted by Crippen LogP contribution is -2.62. The van der Waals surface area contributed by atoms with Crippen molar-refractivity contribution in [2.24, 2.45) is 0 Å². The van der Waals surface area contributed by atoms with Gasteiger partial charge in [-0.15, -0.1) is 0 Å². The Kier molecular flexibility index (Phi) is 12.7. The molecule has 0 fully saturated rings. The van der Waals surface area contributed by atoms with Crippen molar-refractivity contribution in [3.05, 3.63) is 240 Å². The SMILES string of the molecule is CCCCc1cccc(N(c2cccc(CCCC)c2)c2ccc3c(c2)B2c4c(cc5ccccc5c4-c4ccc5c(c4N2c2ccccc2)C(C)(C)c2ccccc2-5)N3c2ccc(CCCC)cc2-c2ccccc2)c1. The van der Waals surface area contributed by atoms with Gasteiger partial charge < -0.3 is 14.6 Å². The summed E-state index contributed by atoms with van der Waals surface area (Å²) in [6, 6.07) is 81.6. The summed E-state index contributed by atoms with van der Waals surface area (Å²) in [7, 11) is 0. The molecule has 10 aromatic rings. The van der Waals surface area contributed by atoms with E-state index >= 15 is 0 Å². The first-order chi connectivity index (χ1) is 37.9. The number of anilines is 8. The summed E-state index contributed by atoms with van der Waals surface area (Å²) in [5.74, 6) is 0. The van der Waals surface area contributed by atoms with Crippen LogP contribution in [0.5, 0.6) is 0 Å². The quantitative estimate of drug-likeness (QED) is 0.0948. The maximum absolute atomic E-state index is 2.76. The normalized spacial score (nSPS) is 13.5. The Morgan fingerprint density at radius 1 is 0.455 bits per heavy atom. The molecule has 0 saturated carbocycles. The van der Waals surface area contributed by atoms with E-state index in [1.807, 2.05) is 0 Å². The zero-order valence-electron chi connectivity index (χ0n) is 45.5. The molecular formula is C73H68BN3. The number of para-hydroxylation sites is 1. The standard InChI is InChI=1S/C73H68BN3/c1-6-9-24-50-27-22-34-56(45-50)75(57-35-23-28-51(46-57)25-10-7-2)58-40-44-67-65(49-58)74-71-68(76(67)66-43-39-52(26-11-8-3)47-63(66)53-29-14-12-15-30-53)48-54-31-18-19-36-59(54)69(71)62-42-41-61-60-37-20-21-38-64(60)73(4,5)70(61)72(62)77(74)55-32-16-13-17-33-55/h12-23,27-49H,6-11,24-26H2,1-5H3. The molecule has 3 nitrogen and oxygen atoms in total. The van der Waals surface area contributed by atoms with Crippen molar-refractivity contribution < 1.29 is 0 Å². The smallest absolute Gasteiger partial charge is 0.333 e. The van der Waals surface area contributed by atoms with Gasteiger partial charge in [0.1, 0.15) is 0 Å². The Balaban J connectivity index is 1.16.